The van der Waals surface area contributed by atoms with E-state index < -0.39 is 5.97 Å². The highest BCUT2D eigenvalue weighted by atomic mass is 16.5. The number of carbonyl (C=O) groups is 1. The molecular weight excluding hydrogens is 332 g/mol. The van der Waals surface area contributed by atoms with Crippen LogP contribution in [0.15, 0.2) is 16.5 Å². The number of carbonyl (C=O) groups excluding carboxylic acids is 1. The van der Waals surface area contributed by atoms with Gasteiger partial charge in [-0.25, -0.2) is 4.79 Å². The van der Waals surface area contributed by atoms with Crippen LogP contribution in [0.4, 0.5) is 0 Å². The summed E-state index contributed by atoms with van der Waals surface area (Å²) < 4.78 is 15.9. The first kappa shape index (κ1) is 18.0. The molecule has 26 heavy (non-hydrogen) atoms. The normalized spacial score (nSPS) is 31.4. The van der Waals surface area contributed by atoms with Gasteiger partial charge < -0.3 is 13.9 Å². The fourth-order valence-electron chi connectivity index (χ4n) is 5.66. The van der Waals surface area contributed by atoms with Gasteiger partial charge in [-0.3, -0.25) is 9.80 Å². The van der Waals surface area contributed by atoms with Gasteiger partial charge in [-0.1, -0.05) is 13.8 Å². The fourth-order valence-corrected chi connectivity index (χ4v) is 5.66. The topological polar surface area (TPSA) is 55.2 Å². The third-order valence-electron chi connectivity index (χ3n) is 6.54. The number of furan rings is 1. The first-order valence-electron chi connectivity index (χ1n) is 9.61. The highest BCUT2D eigenvalue weighted by Crippen LogP contribution is 2.63. The van der Waals surface area contributed by atoms with Crippen LogP contribution >= 0.6 is 0 Å². The quantitative estimate of drug-likeness (QED) is 0.749. The Morgan fingerprint density at radius 3 is 2.73 bits per heavy atom. The van der Waals surface area contributed by atoms with E-state index in [2.05, 4.69) is 23.6 Å². The second kappa shape index (κ2) is 6.66. The van der Waals surface area contributed by atoms with E-state index in [0.29, 0.717) is 16.7 Å². The molecule has 0 bridgehead atoms. The van der Waals surface area contributed by atoms with Crippen LogP contribution < -0.4 is 0 Å². The number of likely N-dealkylation sites (tertiary alicyclic amines) is 1. The van der Waals surface area contributed by atoms with Crippen molar-refractivity contribution in [3.05, 3.63) is 23.7 Å². The van der Waals surface area contributed by atoms with Crippen LogP contribution in [-0.4, -0.2) is 68.8 Å². The molecule has 0 spiro atoms. The Hall–Kier alpha value is -1.37. The van der Waals surface area contributed by atoms with Gasteiger partial charge in [0.2, 0.25) is 5.76 Å². The zero-order valence-electron chi connectivity index (χ0n) is 16.1. The molecule has 1 saturated carbocycles. The molecule has 0 amide bonds. The van der Waals surface area contributed by atoms with Crippen molar-refractivity contribution < 1.29 is 18.7 Å². The summed E-state index contributed by atoms with van der Waals surface area (Å²) in [6.45, 7) is 12.8. The van der Waals surface area contributed by atoms with Crippen LogP contribution in [0, 0.1) is 16.7 Å². The maximum Gasteiger partial charge on any atom is 0.373 e. The van der Waals surface area contributed by atoms with Crippen LogP contribution in [0.2, 0.25) is 0 Å². The Balaban J connectivity index is 1.43. The molecule has 4 rings (SSSR count). The van der Waals surface area contributed by atoms with E-state index in [-0.39, 0.29) is 5.76 Å². The molecule has 3 fully saturated rings. The highest BCUT2D eigenvalue weighted by Gasteiger charge is 2.62. The summed E-state index contributed by atoms with van der Waals surface area (Å²) in [5.41, 5.74) is 0.792. The fraction of sp³-hybridized carbons (Fsp3) is 0.750. The molecule has 0 N–H and O–H groups in total. The third kappa shape index (κ3) is 3.19. The molecule has 0 radical (unpaired) electrons. The van der Waals surface area contributed by atoms with Crippen LogP contribution in [0.25, 0.3) is 0 Å². The van der Waals surface area contributed by atoms with Gasteiger partial charge in [0.25, 0.3) is 0 Å². The maximum absolute atomic E-state index is 11.6. The second-order valence-electron chi connectivity index (χ2n) is 8.90. The Morgan fingerprint density at radius 1 is 1.27 bits per heavy atom. The van der Waals surface area contributed by atoms with Crippen molar-refractivity contribution in [1.82, 2.24) is 9.80 Å². The van der Waals surface area contributed by atoms with E-state index in [4.69, 9.17) is 13.9 Å². The molecule has 0 unspecified atom stereocenters. The summed E-state index contributed by atoms with van der Waals surface area (Å²) in [6.07, 6.45) is 1.28. The predicted octanol–water partition coefficient (Wildman–Crippen LogP) is 2.25. The van der Waals surface area contributed by atoms with Crippen molar-refractivity contribution in [2.45, 2.75) is 26.8 Å². The van der Waals surface area contributed by atoms with Gasteiger partial charge in [0.1, 0.15) is 5.76 Å². The van der Waals surface area contributed by atoms with E-state index >= 15 is 0 Å². The zero-order chi connectivity index (χ0) is 18.4. The molecule has 2 saturated heterocycles. The molecular formula is C20H30N2O4. The van der Waals surface area contributed by atoms with Crippen LogP contribution in [0.5, 0.6) is 0 Å². The largest absolute Gasteiger partial charge is 0.463 e. The minimum atomic E-state index is -0.414. The lowest BCUT2D eigenvalue weighted by Crippen LogP contribution is -2.59. The number of rotatable bonds is 5. The van der Waals surface area contributed by atoms with Crippen molar-refractivity contribution >= 4 is 5.97 Å². The van der Waals surface area contributed by atoms with Crippen LogP contribution in [0.1, 0.15) is 36.6 Å². The predicted molar refractivity (Wildman–Crippen MR) is 96.9 cm³/mol. The van der Waals surface area contributed by atoms with Crippen molar-refractivity contribution in [2.75, 3.05) is 53.0 Å². The number of hydrogen-bond donors (Lipinski definition) is 0. The first-order valence-corrected chi connectivity index (χ1v) is 9.61. The van der Waals surface area contributed by atoms with Gasteiger partial charge in [0, 0.05) is 38.1 Å². The molecule has 2 atom stereocenters. The number of ether oxygens (including phenoxy) is 2. The van der Waals surface area contributed by atoms with Crippen molar-refractivity contribution in [2.24, 2.45) is 16.7 Å². The Labute approximate surface area is 155 Å². The zero-order valence-corrected chi connectivity index (χ0v) is 16.1. The average Bonchev–Trinajstić information content (AvgIpc) is 3.18. The minimum Gasteiger partial charge on any atom is -0.463 e. The SMILES string of the molecule is COC(=O)c1ccc(CN2C[C@@H]3C(C)(C)C[C@]3(CN3CCOCC3)C2)o1. The molecule has 1 aromatic heterocycles. The Bertz CT molecular complexity index is 665. The van der Waals surface area contributed by atoms with E-state index in [9.17, 15) is 4.79 Å². The van der Waals surface area contributed by atoms with Gasteiger partial charge in [0.15, 0.2) is 0 Å². The molecule has 6 nitrogen and oxygen atoms in total. The maximum atomic E-state index is 11.6. The summed E-state index contributed by atoms with van der Waals surface area (Å²) in [7, 11) is 1.38. The van der Waals surface area contributed by atoms with Gasteiger partial charge in [-0.05, 0) is 29.9 Å². The van der Waals surface area contributed by atoms with Gasteiger partial charge in [-0.2, -0.15) is 0 Å². The van der Waals surface area contributed by atoms with Gasteiger partial charge in [0.05, 0.1) is 26.9 Å². The van der Waals surface area contributed by atoms with Gasteiger partial charge in [-0.15, -0.1) is 0 Å². The summed E-state index contributed by atoms with van der Waals surface area (Å²) in [5, 5.41) is 0. The molecule has 1 aromatic rings. The number of morpholine rings is 1. The van der Waals surface area contributed by atoms with E-state index in [1.807, 2.05) is 6.07 Å². The standard InChI is InChI=1S/C20H30N2O4/c1-19(2)12-20(13-21-6-8-25-9-7-21)14-22(11-17(19)20)10-15-4-5-16(26-15)18(23)24-3/h4-5,17H,6-14H2,1-3H3/t17-,20+/m1/s1. The van der Waals surface area contributed by atoms with Crippen molar-refractivity contribution in [1.29, 1.82) is 0 Å². The number of nitrogens with zero attached hydrogens (tertiary/aromatic N) is 2. The molecule has 144 valence electrons. The summed E-state index contributed by atoms with van der Waals surface area (Å²) in [5.74, 6) is 1.43. The molecule has 2 aliphatic heterocycles. The Kier molecular flexibility index (Phi) is 4.61. The first-order chi connectivity index (χ1) is 12.4. The number of methoxy groups -OCH3 is 1. The summed E-state index contributed by atoms with van der Waals surface area (Å²) in [4.78, 5) is 16.7. The monoisotopic (exact) mass is 362 g/mol. The molecule has 3 aliphatic rings. The summed E-state index contributed by atoms with van der Waals surface area (Å²) in [6, 6.07) is 3.60. The van der Waals surface area contributed by atoms with Gasteiger partial charge >= 0.3 is 5.97 Å². The number of esters is 1. The third-order valence-corrected chi connectivity index (χ3v) is 6.54. The lowest BCUT2D eigenvalue weighted by Gasteiger charge is -2.58. The smallest absolute Gasteiger partial charge is 0.373 e. The lowest BCUT2D eigenvalue weighted by molar-refractivity contribution is -0.0967. The lowest BCUT2D eigenvalue weighted by atomic mass is 9.48. The van der Waals surface area contributed by atoms with Crippen LogP contribution in [-0.2, 0) is 16.0 Å². The number of fused-ring (bicyclic) bond motifs is 1. The average molecular weight is 362 g/mol. The van der Waals surface area contributed by atoms with E-state index in [0.717, 1.165) is 51.7 Å². The second-order valence-corrected chi connectivity index (χ2v) is 8.90. The Morgan fingerprint density at radius 2 is 2.04 bits per heavy atom. The van der Waals surface area contributed by atoms with E-state index in [1.54, 1.807) is 6.07 Å². The molecule has 0 aromatic carbocycles. The molecule has 6 heteroatoms. The van der Waals surface area contributed by atoms with Crippen LogP contribution in [0.3, 0.4) is 0 Å². The molecule has 1 aliphatic carbocycles. The minimum absolute atomic E-state index is 0.285. The van der Waals surface area contributed by atoms with Crippen molar-refractivity contribution in [3.8, 4) is 0 Å². The van der Waals surface area contributed by atoms with Crippen molar-refractivity contribution in [3.63, 3.8) is 0 Å². The number of hydrogen-bond acceptors (Lipinski definition) is 6. The highest BCUT2D eigenvalue weighted by molar-refractivity contribution is 5.86. The molecule has 3 heterocycles. The summed E-state index contributed by atoms with van der Waals surface area (Å²) >= 11 is 0. The van der Waals surface area contributed by atoms with E-state index in [1.165, 1.54) is 20.1 Å².